The maximum absolute atomic E-state index is 12.8. The van der Waals surface area contributed by atoms with E-state index in [1.807, 2.05) is 0 Å². The summed E-state index contributed by atoms with van der Waals surface area (Å²) in [6.45, 7) is 13.7. The molecule has 0 unspecified atom stereocenters. The summed E-state index contributed by atoms with van der Waals surface area (Å²) >= 11 is 0. The lowest BCUT2D eigenvalue weighted by molar-refractivity contribution is -0.167. The van der Waals surface area contributed by atoms with E-state index in [2.05, 4.69) is 41.5 Å². The third kappa shape index (κ3) is 47.5. The van der Waals surface area contributed by atoms with Crippen molar-refractivity contribution < 1.29 is 28.6 Å². The number of hydrogen-bond acceptors (Lipinski definition) is 6. The van der Waals surface area contributed by atoms with Crippen molar-refractivity contribution in [3.8, 4) is 0 Å². The van der Waals surface area contributed by atoms with Gasteiger partial charge in [0.15, 0.2) is 6.10 Å². The molecule has 0 amide bonds. The van der Waals surface area contributed by atoms with Crippen LogP contribution in [-0.4, -0.2) is 37.2 Å². The van der Waals surface area contributed by atoms with Crippen LogP contribution >= 0.6 is 0 Å². The molecule has 0 heterocycles. The molecule has 0 fully saturated rings. The first kappa shape index (κ1) is 58.4. The van der Waals surface area contributed by atoms with E-state index in [1.54, 1.807) is 0 Å². The summed E-state index contributed by atoms with van der Waals surface area (Å²) in [6, 6.07) is 0. The Morgan fingerprint density at radius 1 is 0.283 bits per heavy atom. The largest absolute Gasteiger partial charge is 0.462 e. The minimum atomic E-state index is -0.763. The van der Waals surface area contributed by atoms with Crippen LogP contribution in [0.5, 0.6) is 0 Å². The smallest absolute Gasteiger partial charge is 0.306 e. The Morgan fingerprint density at radius 2 is 0.483 bits per heavy atom. The molecule has 0 aromatic heterocycles. The van der Waals surface area contributed by atoms with E-state index in [4.69, 9.17) is 14.2 Å². The Hall–Kier alpha value is -1.59. The van der Waals surface area contributed by atoms with Gasteiger partial charge >= 0.3 is 17.9 Å². The van der Waals surface area contributed by atoms with Gasteiger partial charge in [-0.25, -0.2) is 0 Å². The van der Waals surface area contributed by atoms with Crippen molar-refractivity contribution in [1.82, 2.24) is 0 Å². The summed E-state index contributed by atoms with van der Waals surface area (Å²) in [5, 5.41) is 0. The zero-order valence-corrected chi connectivity index (χ0v) is 41.3. The Bertz CT molecular complexity index is 929. The fraction of sp³-hybridized carbons (Fsp3) is 0.944. The molecule has 0 N–H and O–H groups in total. The highest BCUT2D eigenvalue weighted by Crippen LogP contribution is 2.18. The number of ether oxygens (including phenoxy) is 3. The second-order valence-electron chi connectivity index (χ2n) is 19.9. The zero-order chi connectivity index (χ0) is 44.2. The van der Waals surface area contributed by atoms with E-state index in [9.17, 15) is 14.4 Å². The van der Waals surface area contributed by atoms with Gasteiger partial charge in [0, 0.05) is 19.3 Å². The summed E-state index contributed by atoms with van der Waals surface area (Å²) in [5.74, 6) is 1.61. The normalized spacial score (nSPS) is 12.2. The zero-order valence-electron chi connectivity index (χ0n) is 41.3. The van der Waals surface area contributed by atoms with E-state index < -0.39 is 6.10 Å². The topological polar surface area (TPSA) is 78.9 Å². The number of unbranched alkanes of at least 4 members (excludes halogenated alkanes) is 30. The molecule has 6 nitrogen and oxygen atoms in total. The SMILES string of the molecule is CC(C)CCCCCCCCCCCCCCCCCC(=O)OC[C@@H](COC(=O)CCCCCCCCCCC(C)C)OC(=O)CCCCCCCCCCCCC(C)C. The molecule has 0 aliphatic carbocycles. The van der Waals surface area contributed by atoms with Gasteiger partial charge in [-0.1, -0.05) is 253 Å². The molecule has 0 radical (unpaired) electrons. The molecule has 0 aliphatic heterocycles. The van der Waals surface area contributed by atoms with Crippen molar-refractivity contribution in [2.45, 2.75) is 298 Å². The molecule has 0 saturated carbocycles. The lowest BCUT2D eigenvalue weighted by atomic mass is 10.0. The third-order valence-electron chi connectivity index (χ3n) is 12.1. The van der Waals surface area contributed by atoms with Crippen molar-refractivity contribution in [2.24, 2.45) is 17.8 Å². The molecule has 0 aliphatic rings. The van der Waals surface area contributed by atoms with Gasteiger partial charge in [0.05, 0.1) is 0 Å². The van der Waals surface area contributed by atoms with E-state index >= 15 is 0 Å². The minimum absolute atomic E-state index is 0.0647. The molecule has 0 aromatic rings. The van der Waals surface area contributed by atoms with Crippen molar-refractivity contribution in [3.63, 3.8) is 0 Å². The van der Waals surface area contributed by atoms with Crippen molar-refractivity contribution in [3.05, 3.63) is 0 Å². The molecule has 6 heteroatoms. The maximum atomic E-state index is 12.8. The van der Waals surface area contributed by atoms with Gasteiger partial charge in [0.1, 0.15) is 13.2 Å². The summed E-state index contributed by atoms with van der Waals surface area (Å²) in [4.78, 5) is 38.0. The van der Waals surface area contributed by atoms with Gasteiger partial charge in [0.25, 0.3) is 0 Å². The van der Waals surface area contributed by atoms with Crippen LogP contribution in [0.4, 0.5) is 0 Å². The molecular formula is C54H104O6. The standard InChI is InChI=1S/C54H104O6/c1-48(2)40-34-28-22-16-12-10-8-7-9-11-13-18-25-31-37-43-52(55)58-46-51(47-59-53(56)44-38-32-26-21-20-24-30-36-42-50(5)6)60-54(57)45-39-33-27-19-15-14-17-23-29-35-41-49(3)4/h48-51H,7-47H2,1-6H3/t51-/m0/s1. The van der Waals surface area contributed by atoms with Gasteiger partial charge in [-0.2, -0.15) is 0 Å². The Morgan fingerprint density at radius 3 is 0.717 bits per heavy atom. The fourth-order valence-electron chi connectivity index (χ4n) is 8.12. The van der Waals surface area contributed by atoms with Crippen molar-refractivity contribution in [1.29, 1.82) is 0 Å². The van der Waals surface area contributed by atoms with Crippen LogP contribution in [0, 0.1) is 17.8 Å². The van der Waals surface area contributed by atoms with Gasteiger partial charge < -0.3 is 14.2 Å². The second kappa shape index (κ2) is 45.4. The van der Waals surface area contributed by atoms with Crippen molar-refractivity contribution >= 4 is 17.9 Å². The first-order valence-corrected chi connectivity index (χ1v) is 26.6. The number of esters is 3. The van der Waals surface area contributed by atoms with E-state index in [-0.39, 0.29) is 31.1 Å². The summed E-state index contributed by atoms with van der Waals surface area (Å²) < 4.78 is 16.8. The van der Waals surface area contributed by atoms with Crippen LogP contribution in [0.15, 0.2) is 0 Å². The van der Waals surface area contributed by atoms with Crippen molar-refractivity contribution in [2.75, 3.05) is 13.2 Å². The lowest BCUT2D eigenvalue weighted by Gasteiger charge is -2.18. The fourth-order valence-corrected chi connectivity index (χ4v) is 8.12. The van der Waals surface area contributed by atoms with Crippen LogP contribution in [0.1, 0.15) is 292 Å². The highest BCUT2D eigenvalue weighted by molar-refractivity contribution is 5.71. The number of carbonyl (C=O) groups is 3. The van der Waals surface area contributed by atoms with E-state index in [0.717, 1.165) is 75.5 Å². The number of carbonyl (C=O) groups excluding carboxylic acids is 3. The lowest BCUT2D eigenvalue weighted by Crippen LogP contribution is -2.30. The first-order valence-electron chi connectivity index (χ1n) is 26.6. The molecule has 0 spiro atoms. The highest BCUT2D eigenvalue weighted by atomic mass is 16.6. The summed E-state index contributed by atoms with van der Waals surface area (Å²) in [5.41, 5.74) is 0. The first-order chi connectivity index (χ1) is 29.1. The van der Waals surface area contributed by atoms with E-state index in [0.29, 0.717) is 19.3 Å². The minimum Gasteiger partial charge on any atom is -0.462 e. The number of hydrogen-bond donors (Lipinski definition) is 0. The van der Waals surface area contributed by atoms with Crippen LogP contribution in [0.3, 0.4) is 0 Å². The molecule has 0 rings (SSSR count). The Labute approximate surface area is 374 Å². The van der Waals surface area contributed by atoms with Gasteiger partial charge in [-0.15, -0.1) is 0 Å². The predicted octanol–water partition coefficient (Wildman–Crippen LogP) is 17.2. The van der Waals surface area contributed by atoms with Crippen LogP contribution in [0.25, 0.3) is 0 Å². The Kier molecular flexibility index (Phi) is 44.2. The molecule has 0 bridgehead atoms. The maximum Gasteiger partial charge on any atom is 0.306 e. The summed E-state index contributed by atoms with van der Waals surface area (Å²) in [6.07, 6.45) is 45.3. The quantitative estimate of drug-likeness (QED) is 0.0345. The molecule has 0 aromatic carbocycles. The van der Waals surface area contributed by atoms with Crippen LogP contribution in [-0.2, 0) is 28.6 Å². The average molecular weight is 849 g/mol. The average Bonchev–Trinajstić information content (AvgIpc) is 3.20. The van der Waals surface area contributed by atoms with Gasteiger partial charge in [-0.3, -0.25) is 14.4 Å². The second-order valence-corrected chi connectivity index (χ2v) is 19.9. The highest BCUT2D eigenvalue weighted by Gasteiger charge is 2.19. The van der Waals surface area contributed by atoms with Gasteiger partial charge in [-0.05, 0) is 37.0 Å². The van der Waals surface area contributed by atoms with Crippen LogP contribution in [0.2, 0.25) is 0 Å². The molecule has 356 valence electrons. The monoisotopic (exact) mass is 849 g/mol. The third-order valence-corrected chi connectivity index (χ3v) is 12.1. The predicted molar refractivity (Wildman–Crippen MR) is 256 cm³/mol. The molecule has 60 heavy (non-hydrogen) atoms. The van der Waals surface area contributed by atoms with Gasteiger partial charge in [0.2, 0.25) is 0 Å². The molecule has 0 saturated heterocycles. The Balaban J connectivity index is 4.27. The molecular weight excluding hydrogens is 745 g/mol. The summed E-state index contributed by atoms with van der Waals surface area (Å²) in [7, 11) is 0. The number of rotatable bonds is 47. The van der Waals surface area contributed by atoms with Crippen LogP contribution < -0.4 is 0 Å². The van der Waals surface area contributed by atoms with E-state index in [1.165, 1.54) is 173 Å². The molecule has 1 atom stereocenters.